The lowest BCUT2D eigenvalue weighted by Crippen LogP contribution is -2.52. The largest absolute Gasteiger partial charge is 0.471 e. The molecular weight excluding hydrogens is 325 g/mol. The highest BCUT2D eigenvalue weighted by atomic mass is 19.4. The predicted octanol–water partition coefficient (Wildman–Crippen LogP) is 2.02. The predicted molar refractivity (Wildman–Crippen MR) is 78.2 cm³/mol. The second kappa shape index (κ2) is 5.32. The molecule has 2 aliphatic rings. The Morgan fingerprint density at radius 2 is 2.00 bits per heavy atom. The summed E-state index contributed by atoms with van der Waals surface area (Å²) in [5, 5.41) is 2.66. The number of alkyl halides is 3. The summed E-state index contributed by atoms with van der Waals surface area (Å²) in [6, 6.07) is 5.54. The molecule has 8 heteroatoms. The summed E-state index contributed by atoms with van der Waals surface area (Å²) in [5.74, 6) is -2.85. The molecular formula is C16H15F3N2O3. The van der Waals surface area contributed by atoms with Gasteiger partial charge in [0.15, 0.2) is 0 Å². The van der Waals surface area contributed by atoms with Crippen LogP contribution in [0, 0.1) is 0 Å². The van der Waals surface area contributed by atoms with E-state index in [1.165, 1.54) is 6.92 Å². The summed E-state index contributed by atoms with van der Waals surface area (Å²) in [4.78, 5) is 36.7. The van der Waals surface area contributed by atoms with E-state index in [4.69, 9.17) is 0 Å². The molecule has 1 spiro atoms. The first-order chi connectivity index (χ1) is 11.2. The zero-order chi connectivity index (χ0) is 17.7. The summed E-state index contributed by atoms with van der Waals surface area (Å²) in [5.41, 5.74) is -0.264. The second-order valence-electron chi connectivity index (χ2n) is 6.14. The Morgan fingerprint density at radius 3 is 2.62 bits per heavy atom. The number of halogens is 3. The summed E-state index contributed by atoms with van der Waals surface area (Å²) < 4.78 is 38.7. The number of anilines is 1. The Labute approximate surface area is 135 Å². The van der Waals surface area contributed by atoms with Gasteiger partial charge in [-0.25, -0.2) is 0 Å². The van der Waals surface area contributed by atoms with E-state index in [0.29, 0.717) is 16.2 Å². The van der Waals surface area contributed by atoms with Gasteiger partial charge in [0.1, 0.15) is 5.78 Å². The fraction of sp³-hybridized carbons (Fsp3) is 0.438. The Bertz CT molecular complexity index is 732. The molecule has 1 saturated heterocycles. The van der Waals surface area contributed by atoms with Crippen molar-refractivity contribution in [3.05, 3.63) is 29.8 Å². The Balaban J connectivity index is 2.10. The van der Waals surface area contributed by atoms with Crippen molar-refractivity contribution >= 4 is 23.3 Å². The molecule has 128 valence electrons. The minimum absolute atomic E-state index is 0.0512. The van der Waals surface area contributed by atoms with E-state index in [1.807, 2.05) is 0 Å². The van der Waals surface area contributed by atoms with E-state index in [9.17, 15) is 27.6 Å². The molecule has 0 saturated carbocycles. The van der Waals surface area contributed by atoms with Gasteiger partial charge in [0.25, 0.3) is 0 Å². The molecule has 1 fully saturated rings. The molecule has 1 aromatic rings. The molecule has 24 heavy (non-hydrogen) atoms. The zero-order valence-electron chi connectivity index (χ0n) is 12.8. The van der Waals surface area contributed by atoms with Gasteiger partial charge < -0.3 is 10.2 Å². The van der Waals surface area contributed by atoms with Crippen molar-refractivity contribution in [3.63, 3.8) is 0 Å². The highest BCUT2D eigenvalue weighted by Crippen LogP contribution is 2.49. The molecule has 0 bridgehead atoms. The quantitative estimate of drug-likeness (QED) is 0.896. The van der Waals surface area contributed by atoms with Gasteiger partial charge >= 0.3 is 12.1 Å². The monoisotopic (exact) mass is 340 g/mol. The van der Waals surface area contributed by atoms with E-state index in [-0.39, 0.29) is 25.2 Å². The second-order valence-corrected chi connectivity index (χ2v) is 6.14. The van der Waals surface area contributed by atoms with Crippen molar-refractivity contribution in [3.8, 4) is 0 Å². The lowest BCUT2D eigenvalue weighted by molar-refractivity contribution is -0.187. The molecule has 2 atom stereocenters. The molecule has 5 nitrogen and oxygen atoms in total. The number of nitrogens with zero attached hydrogens (tertiary/aromatic N) is 1. The number of amides is 2. The minimum atomic E-state index is -5.05. The molecule has 1 aromatic carbocycles. The fourth-order valence-electron chi connectivity index (χ4n) is 3.76. The van der Waals surface area contributed by atoms with Crippen LogP contribution in [0.3, 0.4) is 0 Å². The number of ketones is 1. The van der Waals surface area contributed by atoms with Gasteiger partial charge in [0.2, 0.25) is 5.91 Å². The highest BCUT2D eigenvalue weighted by Gasteiger charge is 2.61. The number of likely N-dealkylation sites (tertiary alicyclic amines) is 1. The number of para-hydroxylation sites is 1. The first kappa shape index (κ1) is 16.5. The van der Waals surface area contributed by atoms with E-state index in [2.05, 4.69) is 5.32 Å². The molecule has 2 amide bonds. The van der Waals surface area contributed by atoms with Gasteiger partial charge in [0.05, 0.1) is 11.5 Å². The van der Waals surface area contributed by atoms with Crippen LogP contribution in [0.1, 0.15) is 25.3 Å². The average Bonchev–Trinajstić information content (AvgIpc) is 2.98. The maximum atomic E-state index is 12.9. The highest BCUT2D eigenvalue weighted by molar-refractivity contribution is 6.08. The number of nitrogens with one attached hydrogen (secondary N) is 1. The first-order valence-electron chi connectivity index (χ1n) is 7.46. The van der Waals surface area contributed by atoms with Crippen LogP contribution in [-0.4, -0.2) is 41.3 Å². The third kappa shape index (κ3) is 2.28. The van der Waals surface area contributed by atoms with E-state index in [0.717, 1.165) is 0 Å². The average molecular weight is 340 g/mol. The lowest BCUT2D eigenvalue weighted by Gasteiger charge is -2.33. The third-order valence-electron chi connectivity index (χ3n) is 4.74. The van der Waals surface area contributed by atoms with E-state index in [1.54, 1.807) is 24.3 Å². The van der Waals surface area contributed by atoms with Crippen LogP contribution in [0.25, 0.3) is 0 Å². The van der Waals surface area contributed by atoms with Gasteiger partial charge in [-0.3, -0.25) is 14.4 Å². The molecule has 0 unspecified atom stereocenters. The van der Waals surface area contributed by atoms with Gasteiger partial charge in [-0.1, -0.05) is 18.2 Å². The number of Topliss-reactive ketones (excluding diaryl/α,β-unsaturated/α-hetero) is 1. The van der Waals surface area contributed by atoms with E-state index >= 15 is 0 Å². The minimum Gasteiger partial charge on any atom is -0.330 e. The van der Waals surface area contributed by atoms with Crippen molar-refractivity contribution < 1.29 is 27.6 Å². The van der Waals surface area contributed by atoms with Gasteiger partial charge in [-0.15, -0.1) is 0 Å². The molecule has 3 rings (SSSR count). The van der Waals surface area contributed by atoms with Crippen LogP contribution in [0.5, 0.6) is 0 Å². The Kier molecular flexibility index (Phi) is 3.65. The van der Waals surface area contributed by atoms with Crippen LogP contribution in [0.15, 0.2) is 24.3 Å². The van der Waals surface area contributed by atoms with Crippen LogP contribution >= 0.6 is 0 Å². The molecule has 0 radical (unpaired) electrons. The van der Waals surface area contributed by atoms with Gasteiger partial charge in [-0.05, 0) is 25.0 Å². The van der Waals surface area contributed by atoms with Crippen molar-refractivity contribution in [2.75, 3.05) is 11.9 Å². The standard InChI is InChI=1S/C16H15F3N2O3/c1-9(22)8-12-15(6-7-21(12)14(24)16(17,18)19)10-4-2-3-5-11(10)20-13(15)23/h2-5,12H,6-8H2,1H3,(H,20,23)/t12-,15-/m0/s1. The maximum Gasteiger partial charge on any atom is 0.471 e. The van der Waals surface area contributed by atoms with Crippen molar-refractivity contribution in [1.82, 2.24) is 4.90 Å². The SMILES string of the molecule is CC(=O)C[C@@H]1N(C(=O)C(F)(F)F)CC[C@@]12C(=O)Nc1ccccc12. The third-order valence-corrected chi connectivity index (χ3v) is 4.74. The number of benzene rings is 1. The molecule has 1 N–H and O–H groups in total. The van der Waals surface area contributed by atoms with Crippen LogP contribution in [-0.2, 0) is 19.8 Å². The van der Waals surface area contributed by atoms with E-state index < -0.39 is 29.4 Å². The summed E-state index contributed by atoms with van der Waals surface area (Å²) in [7, 11) is 0. The number of carbonyl (C=O) groups is 3. The smallest absolute Gasteiger partial charge is 0.330 e. The van der Waals surface area contributed by atoms with Crippen molar-refractivity contribution in [2.45, 2.75) is 37.4 Å². The lowest BCUT2D eigenvalue weighted by atomic mass is 9.73. The topological polar surface area (TPSA) is 66.5 Å². The Hall–Kier alpha value is -2.38. The van der Waals surface area contributed by atoms with Crippen molar-refractivity contribution in [2.24, 2.45) is 0 Å². The normalized spacial score (nSPS) is 25.8. The zero-order valence-corrected chi connectivity index (χ0v) is 12.8. The van der Waals surface area contributed by atoms with Crippen molar-refractivity contribution in [1.29, 1.82) is 0 Å². The number of rotatable bonds is 2. The molecule has 0 aliphatic carbocycles. The number of hydrogen-bond acceptors (Lipinski definition) is 3. The van der Waals surface area contributed by atoms with Crippen LogP contribution in [0.4, 0.5) is 18.9 Å². The number of hydrogen-bond donors (Lipinski definition) is 1. The molecule has 2 heterocycles. The fourth-order valence-corrected chi connectivity index (χ4v) is 3.76. The number of fused-ring (bicyclic) bond motifs is 2. The summed E-state index contributed by atoms with van der Waals surface area (Å²) >= 11 is 0. The Morgan fingerprint density at radius 1 is 1.33 bits per heavy atom. The maximum absolute atomic E-state index is 12.9. The molecule has 2 aliphatic heterocycles. The summed E-state index contributed by atoms with van der Waals surface area (Å²) in [6.07, 6.45) is -5.30. The van der Waals surface area contributed by atoms with Gasteiger partial charge in [0, 0.05) is 18.7 Å². The summed E-state index contributed by atoms with van der Waals surface area (Å²) in [6.45, 7) is 1.01. The van der Waals surface area contributed by atoms with Gasteiger partial charge in [-0.2, -0.15) is 13.2 Å². The first-order valence-corrected chi connectivity index (χ1v) is 7.46. The van der Waals surface area contributed by atoms with Crippen LogP contribution < -0.4 is 5.32 Å². The number of carbonyl (C=O) groups excluding carboxylic acids is 3. The van der Waals surface area contributed by atoms with Crippen LogP contribution in [0.2, 0.25) is 0 Å². The molecule has 0 aromatic heterocycles.